The molecule has 29 heavy (non-hydrogen) atoms. The second-order valence-electron chi connectivity index (χ2n) is 7.31. The summed E-state index contributed by atoms with van der Waals surface area (Å²) in [7, 11) is 1.60. The van der Waals surface area contributed by atoms with Gasteiger partial charge in [0.05, 0.1) is 7.11 Å². The number of carbonyl (C=O) groups excluding carboxylic acids is 2. The molecule has 2 rings (SSSR count). The summed E-state index contributed by atoms with van der Waals surface area (Å²) >= 11 is 0. The molecule has 0 heterocycles. The van der Waals surface area contributed by atoms with Crippen LogP contribution in [0.3, 0.4) is 0 Å². The molecule has 6 nitrogen and oxygen atoms in total. The molecule has 0 aromatic heterocycles. The minimum Gasteiger partial charge on any atom is -0.497 e. The lowest BCUT2D eigenvalue weighted by atomic mass is 10.1. The third-order valence-corrected chi connectivity index (χ3v) is 4.46. The summed E-state index contributed by atoms with van der Waals surface area (Å²) in [5, 5.41) is 2.87. The average molecular weight is 399 g/mol. The monoisotopic (exact) mass is 398 g/mol. The fourth-order valence-electron chi connectivity index (χ4n) is 2.85. The number of hydrogen-bond acceptors (Lipinski definition) is 4. The number of aryl methyl sites for hydroxylation is 1. The van der Waals surface area contributed by atoms with Crippen molar-refractivity contribution in [2.24, 2.45) is 0 Å². The minimum absolute atomic E-state index is 0.00793. The molecular weight excluding hydrogens is 368 g/mol. The first-order chi connectivity index (χ1) is 13.8. The number of nitrogens with zero attached hydrogens (tertiary/aromatic N) is 1. The molecule has 0 aliphatic rings. The molecule has 2 aromatic carbocycles. The van der Waals surface area contributed by atoms with Gasteiger partial charge in [0, 0.05) is 12.6 Å². The van der Waals surface area contributed by atoms with Crippen molar-refractivity contribution in [2.75, 3.05) is 13.7 Å². The zero-order chi connectivity index (χ0) is 21.4. The number of nitrogens with one attached hydrogen (secondary N) is 1. The van der Waals surface area contributed by atoms with Gasteiger partial charge in [-0.2, -0.15) is 0 Å². The van der Waals surface area contributed by atoms with Gasteiger partial charge in [-0.3, -0.25) is 9.59 Å². The smallest absolute Gasteiger partial charge is 0.261 e. The van der Waals surface area contributed by atoms with Gasteiger partial charge in [0.25, 0.3) is 5.91 Å². The Labute approximate surface area is 172 Å². The van der Waals surface area contributed by atoms with Crippen molar-refractivity contribution in [3.05, 3.63) is 59.7 Å². The molecule has 2 amide bonds. The number of hydrogen-bond donors (Lipinski definition) is 1. The molecular formula is C23H30N2O4. The fourth-order valence-corrected chi connectivity index (χ4v) is 2.85. The Hall–Kier alpha value is -3.02. The van der Waals surface area contributed by atoms with Crippen LogP contribution in [-0.4, -0.2) is 42.5 Å². The van der Waals surface area contributed by atoms with Gasteiger partial charge in [0.2, 0.25) is 5.91 Å². The van der Waals surface area contributed by atoms with Gasteiger partial charge in [0.1, 0.15) is 17.5 Å². The lowest BCUT2D eigenvalue weighted by molar-refractivity contribution is -0.142. The van der Waals surface area contributed by atoms with E-state index >= 15 is 0 Å². The van der Waals surface area contributed by atoms with E-state index < -0.39 is 6.04 Å². The number of carbonyl (C=O) groups is 2. The zero-order valence-electron chi connectivity index (χ0n) is 17.8. The maximum atomic E-state index is 13.0. The molecule has 1 N–H and O–H groups in total. The van der Waals surface area contributed by atoms with E-state index in [4.69, 9.17) is 9.47 Å². The molecule has 0 bridgehead atoms. The van der Waals surface area contributed by atoms with Crippen molar-refractivity contribution in [3.8, 4) is 11.5 Å². The Morgan fingerprint density at radius 3 is 2.31 bits per heavy atom. The summed E-state index contributed by atoms with van der Waals surface area (Å²) in [6, 6.07) is 14.3. The van der Waals surface area contributed by atoms with E-state index in [1.54, 1.807) is 14.0 Å². The van der Waals surface area contributed by atoms with Gasteiger partial charge in [-0.15, -0.1) is 0 Å². The highest BCUT2D eigenvalue weighted by Gasteiger charge is 2.26. The van der Waals surface area contributed by atoms with Crippen LogP contribution in [0.2, 0.25) is 0 Å². The van der Waals surface area contributed by atoms with Gasteiger partial charge in [-0.05, 0) is 63.1 Å². The molecule has 0 radical (unpaired) electrons. The van der Waals surface area contributed by atoms with Crippen molar-refractivity contribution < 1.29 is 19.1 Å². The van der Waals surface area contributed by atoms with E-state index in [-0.39, 0.29) is 24.5 Å². The predicted octanol–water partition coefficient (Wildman–Crippen LogP) is 3.32. The Balaban J connectivity index is 2.15. The van der Waals surface area contributed by atoms with Crippen LogP contribution in [0.25, 0.3) is 0 Å². The lowest BCUT2D eigenvalue weighted by Crippen LogP contribution is -2.50. The first-order valence-electron chi connectivity index (χ1n) is 9.72. The maximum Gasteiger partial charge on any atom is 0.261 e. The molecule has 1 atom stereocenters. The Bertz CT molecular complexity index is 818. The zero-order valence-corrected chi connectivity index (χ0v) is 17.8. The van der Waals surface area contributed by atoms with Crippen molar-refractivity contribution >= 4 is 11.8 Å². The summed E-state index contributed by atoms with van der Waals surface area (Å²) in [6.45, 7) is 7.63. The van der Waals surface area contributed by atoms with Gasteiger partial charge in [0.15, 0.2) is 6.61 Å². The number of rotatable bonds is 9. The molecule has 0 fully saturated rings. The highest BCUT2D eigenvalue weighted by molar-refractivity contribution is 5.88. The van der Waals surface area contributed by atoms with Crippen LogP contribution in [0, 0.1) is 6.92 Å². The molecule has 0 saturated heterocycles. The first-order valence-corrected chi connectivity index (χ1v) is 9.72. The highest BCUT2D eigenvalue weighted by Crippen LogP contribution is 2.16. The van der Waals surface area contributed by atoms with Gasteiger partial charge in [-0.1, -0.05) is 24.3 Å². The Morgan fingerprint density at radius 2 is 1.72 bits per heavy atom. The third kappa shape index (κ3) is 6.82. The Morgan fingerprint density at radius 1 is 1.03 bits per heavy atom. The van der Waals surface area contributed by atoms with Crippen LogP contribution in [0.5, 0.6) is 11.5 Å². The maximum absolute atomic E-state index is 13.0. The SMILES string of the molecule is COc1ccc(CN(C(=O)COc2cccc(C)c2)[C@@H](C)C(=O)NC(C)C)cc1. The first kappa shape index (κ1) is 22.3. The van der Waals surface area contributed by atoms with E-state index in [0.29, 0.717) is 12.3 Å². The van der Waals surface area contributed by atoms with E-state index in [9.17, 15) is 9.59 Å². The third-order valence-electron chi connectivity index (χ3n) is 4.46. The molecule has 0 saturated carbocycles. The van der Waals surface area contributed by atoms with E-state index in [1.807, 2.05) is 69.3 Å². The molecule has 0 aliphatic heterocycles. The van der Waals surface area contributed by atoms with Crippen LogP contribution in [0.15, 0.2) is 48.5 Å². The van der Waals surface area contributed by atoms with Crippen LogP contribution in [-0.2, 0) is 16.1 Å². The molecule has 0 aliphatic carbocycles. The van der Waals surface area contributed by atoms with E-state index in [2.05, 4.69) is 5.32 Å². The minimum atomic E-state index is -0.631. The molecule has 0 spiro atoms. The normalized spacial score (nSPS) is 11.7. The summed E-state index contributed by atoms with van der Waals surface area (Å²) in [5.41, 5.74) is 1.95. The van der Waals surface area contributed by atoms with E-state index in [1.165, 1.54) is 4.90 Å². The fraction of sp³-hybridized carbons (Fsp3) is 0.391. The van der Waals surface area contributed by atoms with Gasteiger partial charge in [-0.25, -0.2) is 0 Å². The number of benzene rings is 2. The van der Waals surface area contributed by atoms with Crippen LogP contribution in [0.4, 0.5) is 0 Å². The van der Waals surface area contributed by atoms with Gasteiger partial charge >= 0.3 is 0 Å². The van der Waals surface area contributed by atoms with Gasteiger partial charge < -0.3 is 19.7 Å². The topological polar surface area (TPSA) is 67.9 Å². The summed E-state index contributed by atoms with van der Waals surface area (Å²) in [4.78, 5) is 27.0. The number of methoxy groups -OCH3 is 1. The summed E-state index contributed by atoms with van der Waals surface area (Å²) in [5.74, 6) is 0.910. The van der Waals surface area contributed by atoms with Crippen LogP contribution in [0.1, 0.15) is 31.9 Å². The Kier molecular flexibility index (Phi) is 8.07. The van der Waals surface area contributed by atoms with Crippen molar-refractivity contribution in [3.63, 3.8) is 0 Å². The molecule has 156 valence electrons. The second-order valence-corrected chi connectivity index (χ2v) is 7.31. The largest absolute Gasteiger partial charge is 0.497 e. The van der Waals surface area contributed by atoms with Crippen molar-refractivity contribution in [1.29, 1.82) is 0 Å². The van der Waals surface area contributed by atoms with Crippen molar-refractivity contribution in [1.82, 2.24) is 10.2 Å². The average Bonchev–Trinajstić information content (AvgIpc) is 2.69. The predicted molar refractivity (Wildman–Crippen MR) is 113 cm³/mol. The summed E-state index contributed by atoms with van der Waals surface area (Å²) in [6.07, 6.45) is 0. The van der Waals surface area contributed by atoms with Crippen LogP contribution >= 0.6 is 0 Å². The molecule has 6 heteroatoms. The quantitative estimate of drug-likeness (QED) is 0.704. The number of amides is 2. The van der Waals surface area contributed by atoms with Crippen LogP contribution < -0.4 is 14.8 Å². The van der Waals surface area contributed by atoms with Crippen molar-refractivity contribution in [2.45, 2.75) is 46.3 Å². The molecule has 0 unspecified atom stereocenters. The standard InChI is InChI=1S/C23H30N2O4/c1-16(2)24-23(27)18(4)25(14-19-9-11-20(28-5)12-10-19)22(26)15-29-21-8-6-7-17(3)13-21/h6-13,16,18H,14-15H2,1-5H3,(H,24,27)/t18-/m0/s1. The molecule has 2 aromatic rings. The lowest BCUT2D eigenvalue weighted by Gasteiger charge is -2.29. The number of ether oxygens (including phenoxy) is 2. The summed E-state index contributed by atoms with van der Waals surface area (Å²) < 4.78 is 10.9. The second kappa shape index (κ2) is 10.5. The highest BCUT2D eigenvalue weighted by atomic mass is 16.5. The van der Waals surface area contributed by atoms with E-state index in [0.717, 1.165) is 16.9 Å².